The van der Waals surface area contributed by atoms with Crippen molar-refractivity contribution in [2.45, 2.75) is 51.2 Å². The van der Waals surface area contributed by atoms with Crippen molar-refractivity contribution in [3.8, 4) is 5.75 Å². The number of alkyl halides is 3. The lowest BCUT2D eigenvalue weighted by atomic mass is 9.85. The van der Waals surface area contributed by atoms with E-state index in [0.29, 0.717) is 38.3 Å². The Morgan fingerprint density at radius 2 is 1.92 bits per heavy atom. The number of nitrogens with zero attached hydrogens (tertiary/aromatic N) is 1. The molecule has 0 bridgehead atoms. The largest absolute Gasteiger partial charge is 0.508 e. The molecule has 0 atom stereocenters. The molecule has 0 saturated heterocycles. The van der Waals surface area contributed by atoms with Gasteiger partial charge in [-0.25, -0.2) is 0 Å². The molecule has 0 radical (unpaired) electrons. The molecule has 0 aromatic heterocycles. The first-order valence-electron chi connectivity index (χ1n) is 8.78. The summed E-state index contributed by atoms with van der Waals surface area (Å²) in [6.45, 7) is 3.18. The third-order valence-corrected chi connectivity index (χ3v) is 4.46. The number of rotatable bonds is 5. The summed E-state index contributed by atoms with van der Waals surface area (Å²) in [4.78, 5) is 4.49. The molecule has 1 saturated carbocycles. The Kier molecular flexibility index (Phi) is 9.52. The van der Waals surface area contributed by atoms with Crippen LogP contribution in [-0.2, 0) is 6.42 Å². The minimum absolute atomic E-state index is 0. The van der Waals surface area contributed by atoms with E-state index in [9.17, 15) is 18.3 Å². The number of hydrogen-bond donors (Lipinski definition) is 3. The lowest BCUT2D eigenvalue weighted by molar-refractivity contribution is -0.182. The zero-order valence-electron chi connectivity index (χ0n) is 14.9. The van der Waals surface area contributed by atoms with Crippen LogP contribution in [0.25, 0.3) is 0 Å². The Morgan fingerprint density at radius 1 is 1.23 bits per heavy atom. The molecule has 0 amide bonds. The topological polar surface area (TPSA) is 56.7 Å². The highest BCUT2D eigenvalue weighted by Crippen LogP contribution is 2.37. The van der Waals surface area contributed by atoms with Gasteiger partial charge in [0.2, 0.25) is 0 Å². The molecular formula is C18H27F3IN3O. The summed E-state index contributed by atoms with van der Waals surface area (Å²) in [5.74, 6) is -0.304. The van der Waals surface area contributed by atoms with Crippen LogP contribution < -0.4 is 10.6 Å². The Morgan fingerprint density at radius 3 is 2.50 bits per heavy atom. The van der Waals surface area contributed by atoms with E-state index in [4.69, 9.17) is 0 Å². The first-order valence-corrected chi connectivity index (χ1v) is 8.78. The summed E-state index contributed by atoms with van der Waals surface area (Å²) in [6, 6.07) is 7.06. The van der Waals surface area contributed by atoms with Gasteiger partial charge in [0.05, 0.1) is 5.92 Å². The third kappa shape index (κ3) is 7.59. The van der Waals surface area contributed by atoms with Gasteiger partial charge in [0, 0.05) is 19.1 Å². The van der Waals surface area contributed by atoms with Gasteiger partial charge in [-0.1, -0.05) is 12.1 Å². The van der Waals surface area contributed by atoms with Crippen LogP contribution in [0.1, 0.15) is 38.2 Å². The van der Waals surface area contributed by atoms with Gasteiger partial charge < -0.3 is 15.7 Å². The summed E-state index contributed by atoms with van der Waals surface area (Å²) in [7, 11) is 0. The Hall–Kier alpha value is -1.19. The molecule has 0 unspecified atom stereocenters. The van der Waals surface area contributed by atoms with Gasteiger partial charge in [-0.3, -0.25) is 4.99 Å². The highest BCUT2D eigenvalue weighted by Gasteiger charge is 2.41. The van der Waals surface area contributed by atoms with E-state index >= 15 is 0 Å². The molecule has 1 aromatic carbocycles. The maximum Gasteiger partial charge on any atom is 0.391 e. The van der Waals surface area contributed by atoms with Gasteiger partial charge in [-0.15, -0.1) is 24.0 Å². The molecule has 0 heterocycles. The van der Waals surface area contributed by atoms with E-state index in [2.05, 4.69) is 15.6 Å². The second kappa shape index (κ2) is 10.8. The van der Waals surface area contributed by atoms with Crippen LogP contribution in [0.15, 0.2) is 29.3 Å². The van der Waals surface area contributed by atoms with Crippen LogP contribution in [-0.4, -0.2) is 36.4 Å². The molecule has 1 aliphatic rings. The SMILES string of the molecule is CCNC(=NCCc1cccc(O)c1)NC1CCC(C(F)(F)F)CC1.I. The fourth-order valence-electron chi connectivity index (χ4n) is 3.09. The predicted octanol–water partition coefficient (Wildman–Crippen LogP) is 4.23. The van der Waals surface area contributed by atoms with Gasteiger partial charge in [-0.05, 0) is 56.7 Å². The number of benzene rings is 1. The quantitative estimate of drug-likeness (QED) is 0.333. The van der Waals surface area contributed by atoms with Crippen molar-refractivity contribution in [2.24, 2.45) is 10.9 Å². The maximum absolute atomic E-state index is 12.7. The number of nitrogens with one attached hydrogen (secondary N) is 2. The lowest BCUT2D eigenvalue weighted by Crippen LogP contribution is -2.45. The van der Waals surface area contributed by atoms with E-state index in [1.165, 1.54) is 0 Å². The molecule has 0 spiro atoms. The molecule has 1 aliphatic carbocycles. The second-order valence-electron chi connectivity index (χ2n) is 6.42. The molecular weight excluding hydrogens is 458 g/mol. The van der Waals surface area contributed by atoms with Crippen molar-refractivity contribution >= 4 is 29.9 Å². The summed E-state index contributed by atoms with van der Waals surface area (Å²) in [5, 5.41) is 15.8. The molecule has 148 valence electrons. The number of phenols is 1. The number of aromatic hydroxyl groups is 1. The summed E-state index contributed by atoms with van der Waals surface area (Å²) < 4.78 is 38.2. The predicted molar refractivity (Wildman–Crippen MR) is 108 cm³/mol. The Balaban J connectivity index is 0.00000338. The van der Waals surface area contributed by atoms with Gasteiger partial charge in [0.25, 0.3) is 0 Å². The minimum Gasteiger partial charge on any atom is -0.508 e. The van der Waals surface area contributed by atoms with E-state index in [-0.39, 0.29) is 48.6 Å². The summed E-state index contributed by atoms with van der Waals surface area (Å²) in [5.41, 5.74) is 0.991. The van der Waals surface area contributed by atoms with Crippen molar-refractivity contribution in [2.75, 3.05) is 13.1 Å². The lowest BCUT2D eigenvalue weighted by Gasteiger charge is -2.31. The van der Waals surface area contributed by atoms with Crippen LogP contribution in [0.5, 0.6) is 5.75 Å². The average molecular weight is 485 g/mol. The molecule has 2 rings (SSSR count). The second-order valence-corrected chi connectivity index (χ2v) is 6.42. The van der Waals surface area contributed by atoms with Gasteiger partial charge in [0.15, 0.2) is 5.96 Å². The fraction of sp³-hybridized carbons (Fsp3) is 0.611. The number of hydrogen-bond acceptors (Lipinski definition) is 2. The van der Waals surface area contributed by atoms with E-state index in [1.807, 2.05) is 13.0 Å². The smallest absolute Gasteiger partial charge is 0.391 e. The van der Waals surface area contributed by atoms with Crippen LogP contribution in [0.3, 0.4) is 0 Å². The van der Waals surface area contributed by atoms with Crippen LogP contribution in [0, 0.1) is 5.92 Å². The summed E-state index contributed by atoms with van der Waals surface area (Å²) in [6.07, 6.45) is -2.05. The van der Waals surface area contributed by atoms with Gasteiger partial charge in [0.1, 0.15) is 5.75 Å². The molecule has 1 aromatic rings. The van der Waals surface area contributed by atoms with Gasteiger partial charge >= 0.3 is 6.18 Å². The van der Waals surface area contributed by atoms with Crippen LogP contribution >= 0.6 is 24.0 Å². The van der Waals surface area contributed by atoms with Crippen molar-refractivity contribution < 1.29 is 18.3 Å². The minimum atomic E-state index is -4.08. The van der Waals surface area contributed by atoms with E-state index in [1.54, 1.807) is 18.2 Å². The Labute approximate surface area is 169 Å². The van der Waals surface area contributed by atoms with Crippen molar-refractivity contribution in [3.63, 3.8) is 0 Å². The first-order chi connectivity index (χ1) is 11.9. The van der Waals surface area contributed by atoms with Crippen molar-refractivity contribution in [3.05, 3.63) is 29.8 Å². The fourth-order valence-corrected chi connectivity index (χ4v) is 3.09. The Bertz CT molecular complexity index is 573. The normalized spacial score (nSPS) is 21.0. The number of phenolic OH excluding ortho intramolecular Hbond substituents is 1. The summed E-state index contributed by atoms with van der Waals surface area (Å²) >= 11 is 0. The van der Waals surface area contributed by atoms with Gasteiger partial charge in [-0.2, -0.15) is 13.2 Å². The molecule has 26 heavy (non-hydrogen) atoms. The number of aliphatic imine (C=N–C) groups is 1. The molecule has 8 heteroatoms. The van der Waals surface area contributed by atoms with Crippen molar-refractivity contribution in [1.29, 1.82) is 0 Å². The van der Waals surface area contributed by atoms with Crippen LogP contribution in [0.4, 0.5) is 13.2 Å². The molecule has 4 nitrogen and oxygen atoms in total. The van der Waals surface area contributed by atoms with Crippen LogP contribution in [0.2, 0.25) is 0 Å². The maximum atomic E-state index is 12.7. The monoisotopic (exact) mass is 485 g/mol. The number of halogens is 4. The first kappa shape index (κ1) is 22.9. The number of guanidine groups is 1. The highest BCUT2D eigenvalue weighted by atomic mass is 127. The van der Waals surface area contributed by atoms with E-state index < -0.39 is 12.1 Å². The zero-order chi connectivity index (χ0) is 18.3. The zero-order valence-corrected chi connectivity index (χ0v) is 17.2. The van der Waals surface area contributed by atoms with E-state index in [0.717, 1.165) is 5.56 Å². The highest BCUT2D eigenvalue weighted by molar-refractivity contribution is 14.0. The molecule has 1 fully saturated rings. The average Bonchev–Trinajstić information content (AvgIpc) is 2.55. The van der Waals surface area contributed by atoms with Crippen molar-refractivity contribution in [1.82, 2.24) is 10.6 Å². The molecule has 3 N–H and O–H groups in total. The third-order valence-electron chi connectivity index (χ3n) is 4.46. The molecule has 0 aliphatic heterocycles. The standard InChI is InChI=1S/C18H26F3N3O.HI/c1-2-22-17(23-11-10-13-4-3-5-16(25)12-13)24-15-8-6-14(7-9-15)18(19,20)21;/h3-5,12,14-15,25H,2,6-11H2,1H3,(H2,22,23,24);1H.